The van der Waals surface area contributed by atoms with Crippen LogP contribution in [-0.4, -0.2) is 47.8 Å². The highest BCUT2D eigenvalue weighted by Gasteiger charge is 2.24. The molecule has 1 aliphatic rings. The summed E-state index contributed by atoms with van der Waals surface area (Å²) in [5.41, 5.74) is -0.449. The van der Waals surface area contributed by atoms with Crippen LogP contribution in [0, 0.1) is 0 Å². The smallest absolute Gasteiger partial charge is 0.410 e. The minimum Gasteiger partial charge on any atom is -0.444 e. The van der Waals surface area contributed by atoms with E-state index >= 15 is 0 Å². The number of amides is 1. The van der Waals surface area contributed by atoms with E-state index in [4.69, 9.17) is 4.74 Å². The lowest BCUT2D eigenvalue weighted by molar-refractivity contribution is 0.0263. The van der Waals surface area contributed by atoms with Gasteiger partial charge in [-0.15, -0.1) is 0 Å². The first-order chi connectivity index (χ1) is 9.85. The fourth-order valence-electron chi connectivity index (χ4n) is 2.22. The van der Waals surface area contributed by atoms with Crippen LogP contribution >= 0.6 is 15.9 Å². The summed E-state index contributed by atoms with van der Waals surface area (Å²) in [5.74, 6) is 0.940. The third kappa shape index (κ3) is 4.88. The van der Waals surface area contributed by atoms with Crippen LogP contribution in [0.1, 0.15) is 27.2 Å². The topological polar surface area (TPSA) is 45.7 Å². The number of halogens is 1. The van der Waals surface area contributed by atoms with Gasteiger partial charge in [-0.2, -0.15) is 0 Å². The number of pyridine rings is 1. The zero-order chi connectivity index (χ0) is 15.5. The van der Waals surface area contributed by atoms with Crippen molar-refractivity contribution < 1.29 is 9.53 Å². The van der Waals surface area contributed by atoms with Gasteiger partial charge < -0.3 is 14.5 Å². The molecule has 0 unspecified atom stereocenters. The van der Waals surface area contributed by atoms with Crippen LogP contribution in [0.5, 0.6) is 0 Å². The van der Waals surface area contributed by atoms with Gasteiger partial charge in [-0.1, -0.05) is 15.9 Å². The Hall–Kier alpha value is -1.30. The summed E-state index contributed by atoms with van der Waals surface area (Å²) in [7, 11) is 0. The Morgan fingerprint density at radius 2 is 2.05 bits per heavy atom. The molecule has 0 spiro atoms. The minimum atomic E-state index is -0.449. The SMILES string of the molecule is CC(C)(C)OC(=O)N1CCCN(c2cc(Br)ccn2)CC1. The zero-order valence-electron chi connectivity index (χ0n) is 12.8. The summed E-state index contributed by atoms with van der Waals surface area (Å²) < 4.78 is 6.45. The van der Waals surface area contributed by atoms with Crippen molar-refractivity contribution in [3.8, 4) is 0 Å². The molecule has 0 atom stereocenters. The predicted octanol–water partition coefficient (Wildman–Crippen LogP) is 3.29. The Labute approximate surface area is 134 Å². The lowest BCUT2D eigenvalue weighted by Crippen LogP contribution is -2.39. The van der Waals surface area contributed by atoms with E-state index in [1.54, 1.807) is 11.1 Å². The molecule has 21 heavy (non-hydrogen) atoms. The van der Waals surface area contributed by atoms with Crippen LogP contribution in [0.3, 0.4) is 0 Å². The van der Waals surface area contributed by atoms with E-state index < -0.39 is 5.60 Å². The molecule has 0 aliphatic carbocycles. The molecule has 0 bridgehead atoms. The van der Waals surface area contributed by atoms with E-state index in [2.05, 4.69) is 25.8 Å². The van der Waals surface area contributed by atoms with Gasteiger partial charge in [0.1, 0.15) is 11.4 Å². The summed E-state index contributed by atoms with van der Waals surface area (Å²) in [6, 6.07) is 3.91. The monoisotopic (exact) mass is 355 g/mol. The lowest BCUT2D eigenvalue weighted by atomic mass is 10.2. The second-order valence-corrected chi connectivity index (χ2v) is 7.06. The lowest BCUT2D eigenvalue weighted by Gasteiger charge is -2.26. The standard InChI is InChI=1S/C15H22BrN3O2/c1-15(2,3)21-14(20)19-8-4-7-18(9-10-19)13-11-12(16)5-6-17-13/h5-6,11H,4,7-10H2,1-3H3. The van der Waals surface area contributed by atoms with E-state index in [1.165, 1.54) is 0 Å². The Kier molecular flexibility index (Phi) is 5.08. The highest BCUT2D eigenvalue weighted by atomic mass is 79.9. The molecule has 116 valence electrons. The molecule has 2 rings (SSSR count). The molecule has 0 radical (unpaired) electrons. The first kappa shape index (κ1) is 16.1. The van der Waals surface area contributed by atoms with Crippen LogP contribution in [0.2, 0.25) is 0 Å². The van der Waals surface area contributed by atoms with E-state index in [-0.39, 0.29) is 6.09 Å². The van der Waals surface area contributed by atoms with Crippen molar-refractivity contribution in [2.24, 2.45) is 0 Å². The molecule has 1 aromatic heterocycles. The molecule has 0 saturated carbocycles. The quantitative estimate of drug-likeness (QED) is 0.775. The van der Waals surface area contributed by atoms with Crippen molar-refractivity contribution in [2.45, 2.75) is 32.8 Å². The molecular weight excluding hydrogens is 334 g/mol. The maximum atomic E-state index is 12.1. The van der Waals surface area contributed by atoms with Gasteiger partial charge in [-0.05, 0) is 39.3 Å². The fraction of sp³-hybridized carbons (Fsp3) is 0.600. The molecular formula is C15H22BrN3O2. The summed E-state index contributed by atoms with van der Waals surface area (Å²) in [4.78, 5) is 20.5. The van der Waals surface area contributed by atoms with Crippen molar-refractivity contribution in [1.82, 2.24) is 9.88 Å². The highest BCUT2D eigenvalue weighted by molar-refractivity contribution is 9.10. The fourth-order valence-corrected chi connectivity index (χ4v) is 2.55. The normalized spacial score (nSPS) is 16.6. The first-order valence-electron chi connectivity index (χ1n) is 7.19. The third-order valence-corrected chi connectivity index (χ3v) is 3.67. The maximum absolute atomic E-state index is 12.1. The van der Waals surface area contributed by atoms with Crippen LogP contribution in [-0.2, 0) is 4.74 Å². The number of nitrogens with zero attached hydrogens (tertiary/aromatic N) is 3. The second kappa shape index (κ2) is 6.64. The summed E-state index contributed by atoms with van der Waals surface area (Å²) in [6.07, 6.45) is 2.47. The van der Waals surface area contributed by atoms with Crippen LogP contribution in [0.4, 0.5) is 10.6 Å². The van der Waals surface area contributed by atoms with Gasteiger partial charge in [0, 0.05) is 36.8 Å². The summed E-state index contributed by atoms with van der Waals surface area (Å²) >= 11 is 3.47. The van der Waals surface area contributed by atoms with Gasteiger partial charge in [0.15, 0.2) is 0 Å². The van der Waals surface area contributed by atoms with E-state index in [1.807, 2.05) is 32.9 Å². The molecule has 2 heterocycles. The molecule has 5 nitrogen and oxygen atoms in total. The van der Waals surface area contributed by atoms with Gasteiger partial charge in [0.05, 0.1) is 0 Å². The number of anilines is 1. The zero-order valence-corrected chi connectivity index (χ0v) is 14.4. The van der Waals surface area contributed by atoms with Crippen molar-refractivity contribution >= 4 is 27.8 Å². The number of hydrogen-bond acceptors (Lipinski definition) is 4. The molecule has 1 aliphatic heterocycles. The van der Waals surface area contributed by atoms with E-state index in [9.17, 15) is 4.79 Å². The minimum absolute atomic E-state index is 0.230. The number of rotatable bonds is 1. The predicted molar refractivity (Wildman–Crippen MR) is 86.6 cm³/mol. The Morgan fingerprint density at radius 3 is 2.71 bits per heavy atom. The molecule has 1 saturated heterocycles. The van der Waals surface area contributed by atoms with Gasteiger partial charge in [0.25, 0.3) is 0 Å². The third-order valence-electron chi connectivity index (χ3n) is 3.18. The number of carbonyl (C=O) groups is 1. The Morgan fingerprint density at radius 1 is 1.29 bits per heavy atom. The Bertz CT molecular complexity index is 502. The molecule has 1 aromatic rings. The van der Waals surface area contributed by atoms with Crippen LogP contribution in [0.25, 0.3) is 0 Å². The molecule has 0 aromatic carbocycles. The molecule has 6 heteroatoms. The van der Waals surface area contributed by atoms with Crippen molar-refractivity contribution in [3.05, 3.63) is 22.8 Å². The largest absolute Gasteiger partial charge is 0.444 e. The van der Waals surface area contributed by atoms with Gasteiger partial charge in [0.2, 0.25) is 0 Å². The number of carbonyl (C=O) groups excluding carboxylic acids is 1. The van der Waals surface area contributed by atoms with Crippen LogP contribution in [0.15, 0.2) is 22.8 Å². The van der Waals surface area contributed by atoms with Crippen molar-refractivity contribution in [2.75, 3.05) is 31.1 Å². The van der Waals surface area contributed by atoms with Gasteiger partial charge >= 0.3 is 6.09 Å². The molecule has 1 amide bonds. The van der Waals surface area contributed by atoms with E-state index in [0.29, 0.717) is 6.54 Å². The van der Waals surface area contributed by atoms with Crippen molar-refractivity contribution in [3.63, 3.8) is 0 Å². The number of aromatic nitrogens is 1. The average molecular weight is 356 g/mol. The van der Waals surface area contributed by atoms with E-state index in [0.717, 1.165) is 36.3 Å². The first-order valence-corrected chi connectivity index (χ1v) is 7.99. The number of hydrogen-bond donors (Lipinski definition) is 0. The summed E-state index contributed by atoms with van der Waals surface area (Å²) in [6.45, 7) is 8.70. The van der Waals surface area contributed by atoms with Gasteiger partial charge in [-0.25, -0.2) is 9.78 Å². The molecule has 1 fully saturated rings. The highest BCUT2D eigenvalue weighted by Crippen LogP contribution is 2.19. The van der Waals surface area contributed by atoms with Crippen LogP contribution < -0.4 is 4.90 Å². The second-order valence-electron chi connectivity index (χ2n) is 6.14. The summed E-state index contributed by atoms with van der Waals surface area (Å²) in [5, 5.41) is 0. The molecule has 0 N–H and O–H groups in total. The average Bonchev–Trinajstić information content (AvgIpc) is 2.62. The maximum Gasteiger partial charge on any atom is 0.410 e. The Balaban J connectivity index is 1.97. The van der Waals surface area contributed by atoms with Crippen molar-refractivity contribution in [1.29, 1.82) is 0 Å². The van der Waals surface area contributed by atoms with Gasteiger partial charge in [-0.3, -0.25) is 0 Å². The number of ether oxygens (including phenoxy) is 1.